The third-order valence-corrected chi connectivity index (χ3v) is 2.44. The van der Waals surface area contributed by atoms with Crippen LogP contribution < -0.4 is 5.32 Å². The molecular formula is C9H18N4O4. The van der Waals surface area contributed by atoms with E-state index in [0.29, 0.717) is 13.1 Å². The number of hydrogen-bond acceptors (Lipinski definition) is 6. The van der Waals surface area contributed by atoms with Gasteiger partial charge in [0.15, 0.2) is 0 Å². The Hall–Kier alpha value is -0.890. The number of methoxy groups -OCH3 is 2. The third kappa shape index (κ3) is 4.47. The molecule has 1 aliphatic rings. The lowest BCUT2D eigenvalue weighted by Gasteiger charge is -2.35. The van der Waals surface area contributed by atoms with Gasteiger partial charge in [0.25, 0.3) is 0 Å². The average molecular weight is 246 g/mol. The molecule has 1 saturated heterocycles. The molecule has 0 aromatic heterocycles. The zero-order valence-electron chi connectivity index (χ0n) is 10.0. The first-order valence-corrected chi connectivity index (χ1v) is 5.29. The standard InChI is InChI=1S/C9H18N4O4/c1-14-5-16-7-3-11-4-8(17-6-15-2)9(7)12-13-10/h7-9,11H,3-6H2,1-2H3/t7-,8+,9?. The second-order valence-corrected chi connectivity index (χ2v) is 3.58. The Morgan fingerprint density at radius 1 is 1.18 bits per heavy atom. The summed E-state index contributed by atoms with van der Waals surface area (Å²) in [6.07, 6.45) is -0.525. The molecule has 8 nitrogen and oxygen atoms in total. The van der Waals surface area contributed by atoms with Crippen LogP contribution in [0.1, 0.15) is 0 Å². The van der Waals surface area contributed by atoms with Gasteiger partial charge < -0.3 is 24.3 Å². The first kappa shape index (κ1) is 14.2. The smallest absolute Gasteiger partial charge is 0.146 e. The minimum Gasteiger partial charge on any atom is -0.359 e. The predicted octanol–water partition coefficient (Wildman–Crippen LogP) is 0.247. The number of piperidine rings is 1. The molecule has 98 valence electrons. The van der Waals surface area contributed by atoms with Crippen LogP contribution in [-0.2, 0) is 18.9 Å². The summed E-state index contributed by atoms with van der Waals surface area (Å²) in [5.74, 6) is 0. The van der Waals surface area contributed by atoms with Crippen molar-refractivity contribution < 1.29 is 18.9 Å². The molecule has 1 N–H and O–H groups in total. The molecule has 0 aromatic rings. The fraction of sp³-hybridized carbons (Fsp3) is 1.00. The van der Waals surface area contributed by atoms with E-state index in [4.69, 9.17) is 24.5 Å². The van der Waals surface area contributed by atoms with Gasteiger partial charge in [-0.05, 0) is 5.53 Å². The van der Waals surface area contributed by atoms with Crippen LogP contribution in [0, 0.1) is 0 Å². The lowest BCUT2D eigenvalue weighted by Crippen LogP contribution is -2.54. The summed E-state index contributed by atoms with van der Waals surface area (Å²) in [5.41, 5.74) is 8.57. The van der Waals surface area contributed by atoms with Crippen LogP contribution in [0.4, 0.5) is 0 Å². The molecule has 0 spiro atoms. The Labute approximate surface area is 99.8 Å². The fourth-order valence-corrected chi connectivity index (χ4v) is 1.68. The highest BCUT2D eigenvalue weighted by Crippen LogP contribution is 2.16. The molecule has 0 aliphatic carbocycles. The van der Waals surface area contributed by atoms with Crippen molar-refractivity contribution in [1.82, 2.24) is 5.32 Å². The van der Waals surface area contributed by atoms with Crippen molar-refractivity contribution in [3.05, 3.63) is 10.4 Å². The van der Waals surface area contributed by atoms with E-state index in [1.165, 1.54) is 14.2 Å². The van der Waals surface area contributed by atoms with E-state index in [-0.39, 0.29) is 31.8 Å². The van der Waals surface area contributed by atoms with Crippen molar-refractivity contribution in [3.8, 4) is 0 Å². The average Bonchev–Trinajstić information content (AvgIpc) is 2.36. The van der Waals surface area contributed by atoms with Gasteiger partial charge in [-0.2, -0.15) is 0 Å². The number of rotatable bonds is 7. The highest BCUT2D eigenvalue weighted by atomic mass is 16.7. The highest BCUT2D eigenvalue weighted by Gasteiger charge is 2.34. The second kappa shape index (κ2) is 8.24. The second-order valence-electron chi connectivity index (χ2n) is 3.58. The molecule has 0 saturated carbocycles. The maximum atomic E-state index is 8.57. The normalized spacial score (nSPS) is 28.7. The van der Waals surface area contributed by atoms with Crippen LogP contribution in [0.15, 0.2) is 5.11 Å². The van der Waals surface area contributed by atoms with Gasteiger partial charge in [-0.3, -0.25) is 0 Å². The molecule has 0 radical (unpaired) electrons. The van der Waals surface area contributed by atoms with Gasteiger partial charge in [-0.25, -0.2) is 0 Å². The van der Waals surface area contributed by atoms with Gasteiger partial charge in [0.05, 0.1) is 18.2 Å². The Balaban J connectivity index is 2.59. The molecule has 8 heteroatoms. The highest BCUT2D eigenvalue weighted by molar-refractivity contribution is 4.92. The zero-order valence-corrected chi connectivity index (χ0v) is 10.0. The van der Waals surface area contributed by atoms with Crippen LogP contribution in [0.2, 0.25) is 0 Å². The fourth-order valence-electron chi connectivity index (χ4n) is 1.68. The first-order valence-electron chi connectivity index (χ1n) is 5.29. The number of hydrogen-bond donors (Lipinski definition) is 1. The van der Waals surface area contributed by atoms with E-state index in [1.54, 1.807) is 0 Å². The van der Waals surface area contributed by atoms with E-state index in [0.717, 1.165) is 0 Å². The van der Waals surface area contributed by atoms with Crippen molar-refractivity contribution >= 4 is 0 Å². The summed E-state index contributed by atoms with van der Waals surface area (Å²) in [6.45, 7) is 1.50. The van der Waals surface area contributed by atoms with E-state index < -0.39 is 0 Å². The molecule has 0 aromatic carbocycles. The molecule has 3 atom stereocenters. The molecule has 1 aliphatic heterocycles. The van der Waals surface area contributed by atoms with Crippen molar-refractivity contribution in [3.63, 3.8) is 0 Å². The van der Waals surface area contributed by atoms with Crippen LogP contribution in [0.5, 0.6) is 0 Å². The summed E-state index contributed by atoms with van der Waals surface area (Å²) in [7, 11) is 3.08. The Bertz CT molecular complexity index is 243. The lowest BCUT2D eigenvalue weighted by atomic mass is 10.0. The zero-order chi connectivity index (χ0) is 12.5. The first-order chi connectivity index (χ1) is 8.33. The summed E-state index contributed by atoms with van der Waals surface area (Å²) in [6, 6.07) is -0.383. The van der Waals surface area contributed by atoms with Gasteiger partial charge >= 0.3 is 0 Å². The van der Waals surface area contributed by atoms with E-state index in [1.807, 2.05) is 0 Å². The Morgan fingerprint density at radius 2 is 1.71 bits per heavy atom. The predicted molar refractivity (Wildman–Crippen MR) is 59.3 cm³/mol. The molecule has 1 rings (SSSR count). The van der Waals surface area contributed by atoms with Crippen molar-refractivity contribution in [2.45, 2.75) is 18.2 Å². The van der Waals surface area contributed by atoms with E-state index >= 15 is 0 Å². The largest absolute Gasteiger partial charge is 0.359 e. The van der Waals surface area contributed by atoms with Gasteiger partial charge in [-0.15, -0.1) is 0 Å². The molecule has 1 unspecified atom stereocenters. The van der Waals surface area contributed by atoms with Gasteiger partial charge in [0.2, 0.25) is 0 Å². The lowest BCUT2D eigenvalue weighted by molar-refractivity contribution is -0.132. The van der Waals surface area contributed by atoms with Crippen LogP contribution in [0.3, 0.4) is 0 Å². The molecule has 0 amide bonds. The van der Waals surface area contributed by atoms with Gasteiger partial charge in [0.1, 0.15) is 13.6 Å². The topological polar surface area (TPSA) is 97.7 Å². The molecule has 17 heavy (non-hydrogen) atoms. The maximum Gasteiger partial charge on any atom is 0.146 e. The SMILES string of the molecule is COCO[C@H]1CNC[C@@H](OCOC)C1N=[N+]=[N-]. The van der Waals surface area contributed by atoms with Gasteiger partial charge in [0, 0.05) is 32.2 Å². The maximum absolute atomic E-state index is 8.57. The third-order valence-electron chi connectivity index (χ3n) is 2.44. The number of nitrogens with zero attached hydrogens (tertiary/aromatic N) is 3. The summed E-state index contributed by atoms with van der Waals surface area (Å²) >= 11 is 0. The monoisotopic (exact) mass is 246 g/mol. The van der Waals surface area contributed by atoms with Crippen molar-refractivity contribution in [2.75, 3.05) is 40.9 Å². The van der Waals surface area contributed by atoms with E-state index in [9.17, 15) is 0 Å². The quantitative estimate of drug-likeness (QED) is 0.300. The Morgan fingerprint density at radius 3 is 2.12 bits per heavy atom. The minimum atomic E-state index is -0.383. The number of nitrogens with one attached hydrogen (secondary N) is 1. The summed E-state index contributed by atoms with van der Waals surface area (Å²) < 4.78 is 20.5. The minimum absolute atomic E-state index is 0.154. The molecule has 1 heterocycles. The van der Waals surface area contributed by atoms with Crippen molar-refractivity contribution in [2.24, 2.45) is 5.11 Å². The van der Waals surface area contributed by atoms with Crippen LogP contribution in [0.25, 0.3) is 10.4 Å². The van der Waals surface area contributed by atoms with Crippen molar-refractivity contribution in [1.29, 1.82) is 0 Å². The number of ether oxygens (including phenoxy) is 4. The summed E-state index contributed by atoms with van der Waals surface area (Å²) in [5, 5.41) is 6.88. The molecular weight excluding hydrogens is 228 g/mol. The molecule has 0 bridgehead atoms. The van der Waals surface area contributed by atoms with Gasteiger partial charge in [-0.1, -0.05) is 5.11 Å². The van der Waals surface area contributed by atoms with Crippen LogP contribution in [-0.4, -0.2) is 59.1 Å². The number of azide groups is 1. The molecule has 1 fully saturated rings. The van der Waals surface area contributed by atoms with E-state index in [2.05, 4.69) is 15.3 Å². The van der Waals surface area contributed by atoms with Crippen LogP contribution >= 0.6 is 0 Å². The Kier molecular flexibility index (Phi) is 6.87. The summed E-state index contributed by atoms with van der Waals surface area (Å²) in [4.78, 5) is 2.83.